The first-order chi connectivity index (χ1) is 5.72. The first-order valence-corrected chi connectivity index (χ1v) is 4.39. The second-order valence-corrected chi connectivity index (χ2v) is 3.10. The number of hydrogen-bond donors (Lipinski definition) is 2. The Morgan fingerprint density at radius 3 is 2.92 bits per heavy atom. The summed E-state index contributed by atoms with van der Waals surface area (Å²) in [7, 11) is 0. The number of aliphatic hydroxyl groups is 1. The molecule has 70 valence electrons. The lowest BCUT2D eigenvalue weighted by Gasteiger charge is -2.21. The van der Waals surface area contributed by atoms with Crippen molar-refractivity contribution in [2.45, 2.75) is 19.4 Å². The van der Waals surface area contributed by atoms with Crippen LogP contribution < -0.4 is 5.32 Å². The first kappa shape index (κ1) is 9.48. The van der Waals surface area contributed by atoms with Gasteiger partial charge < -0.3 is 15.3 Å². The van der Waals surface area contributed by atoms with Crippen LogP contribution >= 0.6 is 0 Å². The average Bonchev–Trinajstić information content (AvgIpc) is 2.30. The molecule has 0 aliphatic carbocycles. The van der Waals surface area contributed by atoms with Crippen LogP contribution in [0.4, 0.5) is 0 Å². The molecule has 0 unspecified atom stereocenters. The van der Waals surface area contributed by atoms with Gasteiger partial charge in [-0.1, -0.05) is 0 Å². The maximum Gasteiger partial charge on any atom is 0.251 e. The van der Waals surface area contributed by atoms with Crippen LogP contribution in [0.5, 0.6) is 0 Å². The minimum atomic E-state index is -0.858. The van der Waals surface area contributed by atoms with E-state index in [1.54, 1.807) is 4.90 Å². The molecule has 12 heavy (non-hydrogen) atoms. The van der Waals surface area contributed by atoms with E-state index in [0.717, 1.165) is 26.1 Å². The summed E-state index contributed by atoms with van der Waals surface area (Å²) in [4.78, 5) is 13.0. The van der Waals surface area contributed by atoms with Gasteiger partial charge in [0.1, 0.15) is 6.10 Å². The second kappa shape index (κ2) is 4.42. The number of aliphatic hydroxyl groups excluding tert-OH is 1. The zero-order valence-electron chi connectivity index (χ0n) is 7.42. The van der Waals surface area contributed by atoms with Crippen molar-refractivity contribution < 1.29 is 9.90 Å². The molecule has 0 bridgehead atoms. The molecule has 0 aromatic carbocycles. The van der Waals surface area contributed by atoms with E-state index in [9.17, 15) is 4.79 Å². The van der Waals surface area contributed by atoms with Crippen LogP contribution in [0.2, 0.25) is 0 Å². The molecule has 0 saturated carbocycles. The van der Waals surface area contributed by atoms with Crippen molar-refractivity contribution in [3.8, 4) is 0 Å². The van der Waals surface area contributed by atoms with E-state index < -0.39 is 6.10 Å². The van der Waals surface area contributed by atoms with Crippen molar-refractivity contribution in [2.24, 2.45) is 0 Å². The molecule has 1 atom stereocenters. The number of carbonyl (C=O) groups is 1. The van der Waals surface area contributed by atoms with Crippen molar-refractivity contribution in [1.29, 1.82) is 0 Å². The van der Waals surface area contributed by atoms with Gasteiger partial charge in [-0.3, -0.25) is 4.79 Å². The number of nitrogens with one attached hydrogen (secondary N) is 1. The number of carbonyl (C=O) groups excluding carboxylic acids is 1. The van der Waals surface area contributed by atoms with E-state index in [2.05, 4.69) is 5.32 Å². The fourth-order valence-electron chi connectivity index (χ4n) is 1.33. The third kappa shape index (κ3) is 2.46. The highest BCUT2D eigenvalue weighted by Gasteiger charge is 2.18. The number of rotatable bonds is 1. The van der Waals surface area contributed by atoms with Gasteiger partial charge in [-0.25, -0.2) is 0 Å². The molecule has 0 aromatic rings. The van der Waals surface area contributed by atoms with Crippen molar-refractivity contribution >= 4 is 5.91 Å². The first-order valence-electron chi connectivity index (χ1n) is 4.39. The summed E-state index contributed by atoms with van der Waals surface area (Å²) in [6.07, 6.45) is 0.112. The van der Waals surface area contributed by atoms with Crippen LogP contribution in [-0.4, -0.2) is 48.2 Å². The highest BCUT2D eigenvalue weighted by atomic mass is 16.3. The van der Waals surface area contributed by atoms with E-state index in [4.69, 9.17) is 5.11 Å². The highest BCUT2D eigenvalue weighted by molar-refractivity contribution is 5.80. The Bertz CT molecular complexity index is 151. The Morgan fingerprint density at radius 2 is 2.25 bits per heavy atom. The Morgan fingerprint density at radius 1 is 1.50 bits per heavy atom. The van der Waals surface area contributed by atoms with Gasteiger partial charge in [0, 0.05) is 19.6 Å². The third-order valence-corrected chi connectivity index (χ3v) is 2.01. The molecule has 1 aliphatic heterocycles. The summed E-state index contributed by atoms with van der Waals surface area (Å²) < 4.78 is 0. The zero-order chi connectivity index (χ0) is 8.97. The molecule has 4 heteroatoms. The number of amides is 1. The van der Waals surface area contributed by atoms with E-state index in [1.165, 1.54) is 6.92 Å². The molecule has 1 aliphatic rings. The summed E-state index contributed by atoms with van der Waals surface area (Å²) in [5.74, 6) is -0.154. The summed E-state index contributed by atoms with van der Waals surface area (Å²) in [5, 5.41) is 12.2. The lowest BCUT2D eigenvalue weighted by atomic mass is 10.3. The maximum atomic E-state index is 11.3. The molecule has 1 saturated heterocycles. The molecule has 0 spiro atoms. The minimum absolute atomic E-state index is 0.154. The topological polar surface area (TPSA) is 52.6 Å². The van der Waals surface area contributed by atoms with Gasteiger partial charge in [0.05, 0.1) is 0 Å². The van der Waals surface area contributed by atoms with Crippen molar-refractivity contribution in [3.05, 3.63) is 0 Å². The van der Waals surface area contributed by atoms with Gasteiger partial charge in [0.15, 0.2) is 0 Å². The van der Waals surface area contributed by atoms with Gasteiger partial charge >= 0.3 is 0 Å². The molecule has 1 rings (SSSR count). The standard InChI is InChI=1S/C8H16N2O2/c1-7(11)8(12)10-5-2-3-9-4-6-10/h7,9,11H,2-6H2,1H3/t7-/m1/s1. The predicted octanol–water partition coefficient (Wildman–Crippen LogP) is -0.811. The van der Waals surface area contributed by atoms with E-state index >= 15 is 0 Å². The SMILES string of the molecule is C[C@@H](O)C(=O)N1CCCNCC1. The summed E-state index contributed by atoms with van der Waals surface area (Å²) in [6, 6.07) is 0. The van der Waals surface area contributed by atoms with Gasteiger partial charge in [-0.15, -0.1) is 0 Å². The van der Waals surface area contributed by atoms with Gasteiger partial charge in [0.2, 0.25) is 0 Å². The molecular formula is C8H16N2O2. The normalized spacial score (nSPS) is 21.7. The zero-order valence-corrected chi connectivity index (χ0v) is 7.42. The second-order valence-electron chi connectivity index (χ2n) is 3.10. The summed E-state index contributed by atoms with van der Waals surface area (Å²) in [5.41, 5.74) is 0. The van der Waals surface area contributed by atoms with Crippen LogP contribution in [0.25, 0.3) is 0 Å². The fraction of sp³-hybridized carbons (Fsp3) is 0.875. The molecule has 1 fully saturated rings. The average molecular weight is 172 g/mol. The highest BCUT2D eigenvalue weighted by Crippen LogP contribution is 1.98. The monoisotopic (exact) mass is 172 g/mol. The van der Waals surface area contributed by atoms with Crippen LogP contribution in [0.3, 0.4) is 0 Å². The summed E-state index contributed by atoms with van der Waals surface area (Å²) >= 11 is 0. The van der Waals surface area contributed by atoms with Crippen LogP contribution in [0.1, 0.15) is 13.3 Å². The van der Waals surface area contributed by atoms with Crippen molar-refractivity contribution in [2.75, 3.05) is 26.2 Å². The fourth-order valence-corrected chi connectivity index (χ4v) is 1.33. The Balaban J connectivity index is 2.43. The van der Waals surface area contributed by atoms with Gasteiger partial charge in [0.25, 0.3) is 5.91 Å². The maximum absolute atomic E-state index is 11.3. The van der Waals surface area contributed by atoms with Crippen molar-refractivity contribution in [1.82, 2.24) is 10.2 Å². The smallest absolute Gasteiger partial charge is 0.251 e. The van der Waals surface area contributed by atoms with Gasteiger partial charge in [-0.05, 0) is 19.9 Å². The molecule has 0 radical (unpaired) electrons. The molecular weight excluding hydrogens is 156 g/mol. The predicted molar refractivity (Wildman–Crippen MR) is 45.7 cm³/mol. The molecule has 0 aromatic heterocycles. The molecule has 1 heterocycles. The van der Waals surface area contributed by atoms with E-state index in [0.29, 0.717) is 6.54 Å². The summed E-state index contributed by atoms with van der Waals surface area (Å²) in [6.45, 7) is 4.78. The Labute approximate surface area is 72.6 Å². The van der Waals surface area contributed by atoms with Crippen LogP contribution in [0.15, 0.2) is 0 Å². The minimum Gasteiger partial charge on any atom is -0.384 e. The Kier molecular flexibility index (Phi) is 3.49. The quantitative estimate of drug-likeness (QED) is 0.544. The lowest BCUT2D eigenvalue weighted by molar-refractivity contribution is -0.139. The van der Waals surface area contributed by atoms with E-state index in [-0.39, 0.29) is 5.91 Å². The number of nitrogens with zero attached hydrogens (tertiary/aromatic N) is 1. The molecule has 4 nitrogen and oxygen atoms in total. The van der Waals surface area contributed by atoms with Crippen molar-refractivity contribution in [3.63, 3.8) is 0 Å². The molecule has 2 N–H and O–H groups in total. The number of hydrogen-bond acceptors (Lipinski definition) is 3. The Hall–Kier alpha value is -0.610. The van der Waals surface area contributed by atoms with E-state index in [1.807, 2.05) is 0 Å². The lowest BCUT2D eigenvalue weighted by Crippen LogP contribution is -2.39. The van der Waals surface area contributed by atoms with Crippen LogP contribution in [0, 0.1) is 0 Å². The van der Waals surface area contributed by atoms with Crippen LogP contribution in [-0.2, 0) is 4.79 Å². The largest absolute Gasteiger partial charge is 0.384 e. The molecule has 1 amide bonds. The van der Waals surface area contributed by atoms with Gasteiger partial charge in [-0.2, -0.15) is 0 Å². The third-order valence-electron chi connectivity index (χ3n) is 2.01.